The van der Waals surface area contributed by atoms with Crippen molar-refractivity contribution < 1.29 is 8.42 Å². The van der Waals surface area contributed by atoms with Gasteiger partial charge in [-0.2, -0.15) is 0 Å². The summed E-state index contributed by atoms with van der Waals surface area (Å²) in [7, 11) is -0.986. The summed E-state index contributed by atoms with van der Waals surface area (Å²) >= 11 is 0. The van der Waals surface area contributed by atoms with E-state index in [0.717, 1.165) is 23.4 Å². The van der Waals surface area contributed by atoms with Gasteiger partial charge in [0.15, 0.2) is 0 Å². The van der Waals surface area contributed by atoms with Gasteiger partial charge in [0.1, 0.15) is 17.8 Å². The van der Waals surface area contributed by atoms with Crippen LogP contribution in [0.2, 0.25) is 0 Å². The number of hydrogen-bond donors (Lipinski definition) is 1. The number of fused-ring (bicyclic) bond motifs is 2. The van der Waals surface area contributed by atoms with Crippen molar-refractivity contribution in [2.24, 2.45) is 17.8 Å². The lowest BCUT2D eigenvalue weighted by Crippen LogP contribution is -2.34. The third kappa shape index (κ3) is 2.40. The van der Waals surface area contributed by atoms with E-state index in [1.807, 2.05) is 19.3 Å². The number of H-pyrrole nitrogens is 1. The van der Waals surface area contributed by atoms with Crippen LogP contribution in [0.4, 0.5) is 5.82 Å². The van der Waals surface area contributed by atoms with Gasteiger partial charge >= 0.3 is 0 Å². The summed E-state index contributed by atoms with van der Waals surface area (Å²) in [5, 5.41) is 1.02. The molecule has 0 radical (unpaired) electrons. The molecule has 1 saturated carbocycles. The average molecular weight is 335 g/mol. The lowest BCUT2D eigenvalue weighted by atomic mass is 10.2. The Balaban J connectivity index is 1.43. The van der Waals surface area contributed by atoms with Gasteiger partial charge in [0.2, 0.25) is 10.0 Å². The number of nitrogens with zero attached hydrogens (tertiary/aromatic N) is 4. The molecule has 1 aliphatic heterocycles. The first-order chi connectivity index (χ1) is 11.0. The molecule has 2 aromatic heterocycles. The minimum atomic E-state index is -3.03. The lowest BCUT2D eigenvalue weighted by molar-refractivity contribution is 0.413. The highest BCUT2D eigenvalue weighted by molar-refractivity contribution is 7.89. The van der Waals surface area contributed by atoms with Gasteiger partial charge < -0.3 is 9.88 Å². The van der Waals surface area contributed by atoms with Crippen molar-refractivity contribution in [1.29, 1.82) is 0 Å². The van der Waals surface area contributed by atoms with Crippen LogP contribution in [0.3, 0.4) is 0 Å². The van der Waals surface area contributed by atoms with E-state index in [1.165, 1.54) is 0 Å². The van der Waals surface area contributed by atoms with Crippen LogP contribution in [0.1, 0.15) is 6.92 Å². The average Bonchev–Trinajstić information content (AvgIpc) is 2.97. The van der Waals surface area contributed by atoms with E-state index in [-0.39, 0.29) is 5.75 Å². The van der Waals surface area contributed by atoms with E-state index in [9.17, 15) is 8.42 Å². The number of piperidine rings is 1. The van der Waals surface area contributed by atoms with Crippen molar-refractivity contribution in [3.8, 4) is 0 Å². The zero-order chi connectivity index (χ0) is 16.2. The van der Waals surface area contributed by atoms with Gasteiger partial charge in [0.05, 0.1) is 11.1 Å². The van der Waals surface area contributed by atoms with Gasteiger partial charge in [-0.15, -0.1) is 0 Å². The van der Waals surface area contributed by atoms with Crippen molar-refractivity contribution in [2.45, 2.75) is 6.92 Å². The Morgan fingerprint density at radius 3 is 2.78 bits per heavy atom. The van der Waals surface area contributed by atoms with Gasteiger partial charge in [-0.05, 0) is 30.7 Å². The van der Waals surface area contributed by atoms with Gasteiger partial charge in [-0.3, -0.25) is 0 Å². The number of aromatic amines is 1. The van der Waals surface area contributed by atoms with Crippen LogP contribution in [-0.2, 0) is 10.0 Å². The third-order valence-electron chi connectivity index (χ3n) is 5.28. The minimum absolute atomic E-state index is 0.198. The number of anilines is 1. The Morgan fingerprint density at radius 2 is 2.09 bits per heavy atom. The maximum absolute atomic E-state index is 11.9. The van der Waals surface area contributed by atoms with Gasteiger partial charge in [0.25, 0.3) is 0 Å². The molecular weight excluding hydrogens is 314 g/mol. The highest BCUT2D eigenvalue weighted by Gasteiger charge is 2.57. The Labute approximate surface area is 135 Å². The highest BCUT2D eigenvalue weighted by Crippen LogP contribution is 2.52. The molecule has 2 unspecified atom stereocenters. The van der Waals surface area contributed by atoms with Crippen LogP contribution in [0.15, 0.2) is 18.6 Å². The first-order valence-electron chi connectivity index (χ1n) is 7.98. The number of nitrogens with one attached hydrogen (secondary N) is 1. The van der Waals surface area contributed by atoms with Crippen molar-refractivity contribution in [3.05, 3.63) is 18.6 Å². The summed E-state index contributed by atoms with van der Waals surface area (Å²) in [6.45, 7) is 3.99. The minimum Gasteiger partial charge on any atom is -0.359 e. The fourth-order valence-corrected chi connectivity index (χ4v) is 5.02. The van der Waals surface area contributed by atoms with Crippen LogP contribution < -0.4 is 4.90 Å². The summed E-state index contributed by atoms with van der Waals surface area (Å²) < 4.78 is 25.5. The molecule has 0 aromatic carbocycles. The van der Waals surface area contributed by atoms with Gasteiger partial charge in [-0.1, -0.05) is 0 Å². The molecule has 7 nitrogen and oxygen atoms in total. The predicted octanol–water partition coefficient (Wildman–Crippen LogP) is 0.922. The molecule has 3 atom stereocenters. The maximum Gasteiger partial charge on any atom is 0.213 e. The van der Waals surface area contributed by atoms with Crippen molar-refractivity contribution in [2.75, 3.05) is 37.3 Å². The first kappa shape index (κ1) is 14.9. The molecule has 1 N–H and O–H groups in total. The van der Waals surface area contributed by atoms with Crippen molar-refractivity contribution in [3.63, 3.8) is 0 Å². The van der Waals surface area contributed by atoms with Crippen LogP contribution in [0.5, 0.6) is 0 Å². The topological polar surface area (TPSA) is 82.2 Å². The molecule has 8 heteroatoms. The molecule has 0 spiro atoms. The standard InChI is InChI=1S/C15H21N5O2S/c1-3-23(21,22)20-7-12-11(13(12)8-20)6-19(2)15-10-4-5-16-14(10)17-9-18-15/h4-5,9,11-13H,3,6-8H2,1-2H3,(H,16,17,18)/t11?,12-,13?/m0/s1. The molecule has 2 aromatic rings. The van der Waals surface area contributed by atoms with Gasteiger partial charge in [0, 0.05) is 32.9 Å². The number of hydrogen-bond acceptors (Lipinski definition) is 5. The first-order valence-corrected chi connectivity index (χ1v) is 9.59. The Bertz CT molecular complexity index is 821. The van der Waals surface area contributed by atoms with E-state index in [4.69, 9.17) is 0 Å². The molecule has 0 bridgehead atoms. The molecule has 2 fully saturated rings. The van der Waals surface area contributed by atoms with E-state index in [1.54, 1.807) is 17.6 Å². The van der Waals surface area contributed by atoms with E-state index in [0.29, 0.717) is 30.8 Å². The smallest absolute Gasteiger partial charge is 0.213 e. The number of aromatic nitrogens is 3. The monoisotopic (exact) mass is 335 g/mol. The normalized spacial score (nSPS) is 27.3. The second-order valence-corrected chi connectivity index (χ2v) is 8.78. The molecular formula is C15H21N5O2S. The summed E-state index contributed by atoms with van der Waals surface area (Å²) in [5.74, 6) is 2.69. The summed E-state index contributed by atoms with van der Waals surface area (Å²) in [5.41, 5.74) is 0.845. The lowest BCUT2D eigenvalue weighted by Gasteiger charge is -2.22. The molecule has 3 heterocycles. The Morgan fingerprint density at radius 1 is 1.35 bits per heavy atom. The molecule has 124 valence electrons. The number of sulfonamides is 1. The van der Waals surface area contributed by atoms with Crippen LogP contribution >= 0.6 is 0 Å². The Kier molecular flexibility index (Phi) is 3.35. The highest BCUT2D eigenvalue weighted by atomic mass is 32.2. The number of rotatable bonds is 5. The second-order valence-electron chi connectivity index (χ2n) is 6.53. The van der Waals surface area contributed by atoms with Crippen LogP contribution in [0.25, 0.3) is 11.0 Å². The maximum atomic E-state index is 11.9. The molecule has 0 amide bonds. The molecule has 4 rings (SSSR count). The zero-order valence-electron chi connectivity index (χ0n) is 13.3. The molecule has 2 aliphatic rings. The molecule has 23 heavy (non-hydrogen) atoms. The zero-order valence-corrected chi connectivity index (χ0v) is 14.1. The largest absolute Gasteiger partial charge is 0.359 e. The summed E-state index contributed by atoms with van der Waals surface area (Å²) in [4.78, 5) is 13.9. The summed E-state index contributed by atoms with van der Waals surface area (Å²) in [6, 6.07) is 1.99. The van der Waals surface area contributed by atoms with Gasteiger partial charge in [-0.25, -0.2) is 22.7 Å². The van der Waals surface area contributed by atoms with Crippen LogP contribution in [0, 0.1) is 17.8 Å². The molecule has 1 aliphatic carbocycles. The van der Waals surface area contributed by atoms with E-state index < -0.39 is 10.0 Å². The fourth-order valence-electron chi connectivity index (χ4n) is 3.86. The third-order valence-corrected chi connectivity index (χ3v) is 7.09. The van der Waals surface area contributed by atoms with Crippen molar-refractivity contribution in [1.82, 2.24) is 19.3 Å². The quantitative estimate of drug-likeness (QED) is 0.879. The Hall–Kier alpha value is -1.67. The van der Waals surface area contributed by atoms with E-state index in [2.05, 4.69) is 19.9 Å². The summed E-state index contributed by atoms with van der Waals surface area (Å²) in [6.07, 6.45) is 3.45. The fraction of sp³-hybridized carbons (Fsp3) is 0.600. The second kappa shape index (κ2) is 5.17. The molecule has 1 saturated heterocycles. The predicted molar refractivity (Wildman–Crippen MR) is 88.7 cm³/mol. The van der Waals surface area contributed by atoms with Crippen molar-refractivity contribution >= 4 is 26.9 Å². The van der Waals surface area contributed by atoms with Crippen LogP contribution in [-0.4, -0.2) is 60.1 Å². The SMILES string of the molecule is CCS(=O)(=O)N1CC2C(CN(C)c3ncnc4[nH]ccc34)[C@@H]2C1. The van der Waals surface area contributed by atoms with E-state index >= 15 is 0 Å².